The predicted octanol–water partition coefficient (Wildman–Crippen LogP) is 1.36. The number of nitrogens with zero attached hydrogens (tertiary/aromatic N) is 2. The van der Waals surface area contributed by atoms with Crippen LogP contribution in [0.3, 0.4) is 0 Å². The maximum Gasteiger partial charge on any atom is 0.306 e. The van der Waals surface area contributed by atoms with Gasteiger partial charge in [0.05, 0.1) is 24.9 Å². The largest absolute Gasteiger partial charge is 0.481 e. The predicted molar refractivity (Wildman–Crippen MR) is 118 cm³/mol. The molecular weight excluding hydrogens is 422 g/mol. The highest BCUT2D eigenvalue weighted by atomic mass is 32.2. The first kappa shape index (κ1) is 25.3. The van der Waals surface area contributed by atoms with Gasteiger partial charge in [-0.05, 0) is 29.9 Å². The van der Waals surface area contributed by atoms with Gasteiger partial charge < -0.3 is 15.9 Å². The van der Waals surface area contributed by atoms with Crippen molar-refractivity contribution < 1.29 is 28.2 Å². The van der Waals surface area contributed by atoms with Crippen LogP contribution in [0.5, 0.6) is 0 Å². The van der Waals surface area contributed by atoms with Gasteiger partial charge in [0.15, 0.2) is 0 Å². The van der Waals surface area contributed by atoms with E-state index in [0.717, 1.165) is 11.8 Å². The summed E-state index contributed by atoms with van der Waals surface area (Å²) >= 11 is 0. The monoisotopic (exact) mass is 455 g/mol. The van der Waals surface area contributed by atoms with Crippen LogP contribution in [0.2, 0.25) is 0 Å². The van der Waals surface area contributed by atoms with E-state index in [-0.39, 0.29) is 32.0 Å². The van der Waals surface area contributed by atoms with Gasteiger partial charge in [0.1, 0.15) is 0 Å². The van der Waals surface area contributed by atoms with Gasteiger partial charge >= 0.3 is 5.97 Å². The Morgan fingerprint density at radius 1 is 1.26 bits per heavy atom. The number of benzene rings is 1. The van der Waals surface area contributed by atoms with Crippen LogP contribution >= 0.6 is 0 Å². The summed E-state index contributed by atoms with van der Waals surface area (Å²) in [6, 6.07) is 6.51. The molecule has 31 heavy (non-hydrogen) atoms. The third kappa shape index (κ3) is 6.73. The number of hydrogen-bond acceptors (Lipinski definition) is 6. The number of anilines is 1. The van der Waals surface area contributed by atoms with E-state index in [1.54, 1.807) is 24.3 Å². The molecule has 0 fully saturated rings. The number of aliphatic hydroxyl groups is 1. The number of carbonyl (C=O) groups is 2. The first-order chi connectivity index (χ1) is 14.2. The first-order valence-electron chi connectivity index (χ1n) is 10.2. The van der Waals surface area contributed by atoms with Crippen molar-refractivity contribution in [3.8, 4) is 0 Å². The molecule has 1 heterocycles. The van der Waals surface area contributed by atoms with Crippen molar-refractivity contribution in [1.29, 1.82) is 0 Å². The van der Waals surface area contributed by atoms with Gasteiger partial charge in [-0.2, -0.15) is 4.31 Å². The molecule has 0 bridgehead atoms. The molecule has 2 rings (SSSR count). The van der Waals surface area contributed by atoms with E-state index in [1.807, 2.05) is 13.8 Å². The van der Waals surface area contributed by atoms with Gasteiger partial charge in [-0.15, -0.1) is 0 Å². The maximum absolute atomic E-state index is 13.2. The van der Waals surface area contributed by atoms with Gasteiger partial charge in [0.25, 0.3) is 0 Å². The number of rotatable bonds is 9. The fraction of sp³-hybridized carbons (Fsp3) is 0.619. The lowest BCUT2D eigenvalue weighted by Crippen LogP contribution is -2.48. The van der Waals surface area contributed by atoms with Crippen molar-refractivity contribution in [3.63, 3.8) is 0 Å². The molecule has 0 aromatic heterocycles. The third-order valence-electron chi connectivity index (χ3n) is 5.63. The minimum absolute atomic E-state index is 0.0311. The van der Waals surface area contributed by atoms with E-state index < -0.39 is 39.5 Å². The molecule has 0 spiro atoms. The summed E-state index contributed by atoms with van der Waals surface area (Å²) in [4.78, 5) is 25.7. The van der Waals surface area contributed by atoms with Gasteiger partial charge in [-0.1, -0.05) is 39.0 Å². The quantitative estimate of drug-likeness (QED) is 0.510. The summed E-state index contributed by atoms with van der Waals surface area (Å²) in [6.07, 6.45) is 0.540. The second kappa shape index (κ2) is 9.64. The molecule has 10 heteroatoms. The molecular formula is C21H33N3O6S. The van der Waals surface area contributed by atoms with Crippen LogP contribution in [0, 0.1) is 11.3 Å². The highest BCUT2D eigenvalue weighted by Gasteiger charge is 2.35. The fourth-order valence-electron chi connectivity index (χ4n) is 3.81. The number of nitrogens with two attached hydrogens (primary N) is 1. The Labute approximate surface area is 183 Å². The number of amides is 1. The molecule has 1 aliphatic heterocycles. The molecule has 3 atom stereocenters. The maximum atomic E-state index is 13.2. The lowest BCUT2D eigenvalue weighted by atomic mass is 9.80. The Kier molecular flexibility index (Phi) is 7.85. The number of carboxylic acid groups (broad SMARTS) is 1. The van der Waals surface area contributed by atoms with Crippen molar-refractivity contribution in [1.82, 2.24) is 4.31 Å². The minimum atomic E-state index is -3.49. The fourth-order valence-corrected chi connectivity index (χ4v) is 4.50. The van der Waals surface area contributed by atoms with Gasteiger partial charge in [0.2, 0.25) is 15.9 Å². The van der Waals surface area contributed by atoms with Crippen molar-refractivity contribution in [2.24, 2.45) is 17.1 Å². The lowest BCUT2D eigenvalue weighted by Gasteiger charge is -2.38. The van der Waals surface area contributed by atoms with E-state index in [9.17, 15) is 23.1 Å². The summed E-state index contributed by atoms with van der Waals surface area (Å²) in [5.74, 6) is -1.97. The Morgan fingerprint density at radius 3 is 2.45 bits per heavy atom. The molecule has 0 aliphatic carbocycles. The van der Waals surface area contributed by atoms with E-state index in [1.165, 1.54) is 16.1 Å². The molecule has 1 aromatic rings. The number of aliphatic carboxylic acids is 1. The van der Waals surface area contributed by atoms with Gasteiger partial charge in [0, 0.05) is 24.7 Å². The molecule has 0 saturated heterocycles. The SMILES string of the molecule is C[C@H](C[C@H](O)[C@@H](N)CC(C)(C)CC(=O)N1CN(S(C)(=O)=O)Cc2ccccc21)C(=O)O. The summed E-state index contributed by atoms with van der Waals surface area (Å²) in [5, 5.41) is 19.3. The second-order valence-electron chi connectivity index (χ2n) is 9.22. The van der Waals surface area contributed by atoms with Crippen molar-refractivity contribution in [3.05, 3.63) is 29.8 Å². The molecule has 0 radical (unpaired) electrons. The number of fused-ring (bicyclic) bond motifs is 1. The number of carboxylic acids is 1. The summed E-state index contributed by atoms with van der Waals surface area (Å²) < 4.78 is 25.5. The first-order valence-corrected chi connectivity index (χ1v) is 12.1. The van der Waals surface area contributed by atoms with Crippen LogP contribution in [0.25, 0.3) is 0 Å². The van der Waals surface area contributed by atoms with Crippen LogP contribution in [0.4, 0.5) is 5.69 Å². The number of para-hydroxylation sites is 1. The Balaban J connectivity index is 2.12. The topological polar surface area (TPSA) is 141 Å². The van der Waals surface area contributed by atoms with Crippen LogP contribution in [-0.4, -0.2) is 59.9 Å². The zero-order valence-corrected chi connectivity index (χ0v) is 19.3. The molecule has 1 amide bonds. The minimum Gasteiger partial charge on any atom is -0.481 e. The number of aliphatic hydroxyl groups excluding tert-OH is 1. The van der Waals surface area contributed by atoms with Crippen molar-refractivity contribution >= 4 is 27.6 Å². The van der Waals surface area contributed by atoms with Crippen LogP contribution < -0.4 is 10.6 Å². The average Bonchev–Trinajstić information content (AvgIpc) is 2.65. The van der Waals surface area contributed by atoms with Gasteiger partial charge in [-0.3, -0.25) is 14.5 Å². The molecule has 1 aromatic carbocycles. The standard InChI is InChI=1S/C21H33N3O6S/c1-14(20(27)28)9-18(25)16(22)10-21(2,3)11-19(26)24-13-23(31(4,29)30)12-15-7-5-6-8-17(15)24/h5-8,14,16,18,25H,9-13,22H2,1-4H3,(H,27,28)/t14-,16+,18+/m1/s1. The Morgan fingerprint density at radius 2 is 1.87 bits per heavy atom. The second-order valence-corrected chi connectivity index (χ2v) is 11.2. The molecule has 174 valence electrons. The lowest BCUT2D eigenvalue weighted by molar-refractivity contribution is -0.142. The Hall–Kier alpha value is -2.01. The van der Waals surface area contributed by atoms with E-state index in [0.29, 0.717) is 12.1 Å². The van der Waals surface area contributed by atoms with Crippen LogP contribution in [0.15, 0.2) is 24.3 Å². The van der Waals surface area contributed by atoms with Gasteiger partial charge in [-0.25, -0.2) is 8.42 Å². The van der Waals surface area contributed by atoms with E-state index in [4.69, 9.17) is 10.8 Å². The number of sulfonamides is 1. The van der Waals surface area contributed by atoms with Crippen LogP contribution in [0.1, 0.15) is 45.6 Å². The summed E-state index contributed by atoms with van der Waals surface area (Å²) in [7, 11) is -3.49. The highest BCUT2D eigenvalue weighted by Crippen LogP contribution is 2.33. The third-order valence-corrected chi connectivity index (χ3v) is 6.81. The molecule has 0 unspecified atom stereocenters. The van der Waals surface area contributed by atoms with E-state index >= 15 is 0 Å². The molecule has 9 nitrogen and oxygen atoms in total. The summed E-state index contributed by atoms with van der Waals surface area (Å²) in [6.45, 7) is 5.36. The number of carbonyl (C=O) groups excluding carboxylic acids is 1. The smallest absolute Gasteiger partial charge is 0.306 e. The van der Waals surface area contributed by atoms with E-state index in [2.05, 4.69) is 0 Å². The molecule has 0 saturated carbocycles. The Bertz CT molecular complexity index is 917. The zero-order valence-electron chi connectivity index (χ0n) is 18.5. The average molecular weight is 456 g/mol. The molecule has 1 aliphatic rings. The molecule has 4 N–H and O–H groups in total. The normalized spacial score (nSPS) is 18.2. The van der Waals surface area contributed by atoms with Crippen LogP contribution in [-0.2, 0) is 26.2 Å². The zero-order chi connectivity index (χ0) is 23.6. The number of hydrogen-bond donors (Lipinski definition) is 3. The summed E-state index contributed by atoms with van der Waals surface area (Å²) in [5.41, 5.74) is 6.95. The van der Waals surface area contributed by atoms with Crippen molar-refractivity contribution in [2.45, 2.75) is 58.7 Å². The highest BCUT2D eigenvalue weighted by molar-refractivity contribution is 7.88. The van der Waals surface area contributed by atoms with Crippen molar-refractivity contribution in [2.75, 3.05) is 17.8 Å².